The molecule has 0 radical (unpaired) electrons. The number of benzene rings is 1. The Hall–Kier alpha value is -2.61. The van der Waals surface area contributed by atoms with E-state index in [2.05, 4.69) is 15.4 Å². The van der Waals surface area contributed by atoms with Gasteiger partial charge in [-0.15, -0.1) is 0 Å². The third-order valence-corrected chi connectivity index (χ3v) is 4.29. The lowest BCUT2D eigenvalue weighted by Gasteiger charge is -2.32. The molecule has 0 spiro atoms. The minimum Gasteiger partial charge on any atom is -0.493 e. The van der Waals surface area contributed by atoms with Crippen LogP contribution in [0.15, 0.2) is 18.2 Å². The van der Waals surface area contributed by atoms with Gasteiger partial charge in [0, 0.05) is 6.04 Å². The van der Waals surface area contributed by atoms with Gasteiger partial charge in [-0.25, -0.2) is 9.67 Å². The summed E-state index contributed by atoms with van der Waals surface area (Å²) in [4.78, 5) is 16.5. The molecule has 8 heteroatoms. The van der Waals surface area contributed by atoms with Crippen molar-refractivity contribution in [2.24, 2.45) is 0 Å². The van der Waals surface area contributed by atoms with Gasteiger partial charge in [-0.1, -0.05) is 6.07 Å². The molecule has 1 aliphatic heterocycles. The van der Waals surface area contributed by atoms with E-state index in [9.17, 15) is 4.79 Å². The first-order chi connectivity index (χ1) is 12.4. The Labute approximate surface area is 152 Å². The molecule has 1 aliphatic rings. The minimum absolute atomic E-state index is 0.0154. The molecule has 1 aromatic carbocycles. The highest BCUT2D eigenvalue weighted by atomic mass is 16.5. The fourth-order valence-corrected chi connectivity index (χ4v) is 3.10. The van der Waals surface area contributed by atoms with Crippen molar-refractivity contribution in [3.63, 3.8) is 0 Å². The van der Waals surface area contributed by atoms with E-state index in [1.54, 1.807) is 14.2 Å². The molecular formula is C18H24N4O4. The van der Waals surface area contributed by atoms with Gasteiger partial charge in [0.1, 0.15) is 18.5 Å². The second kappa shape index (κ2) is 7.33. The number of carbonyl (C=O) groups excluding carboxylic acids is 1. The number of nitrogens with one attached hydrogen (secondary N) is 1. The van der Waals surface area contributed by atoms with Crippen molar-refractivity contribution < 1.29 is 19.0 Å². The third-order valence-electron chi connectivity index (χ3n) is 4.29. The smallest absolute Gasteiger partial charge is 0.246 e. The summed E-state index contributed by atoms with van der Waals surface area (Å²) in [5.41, 5.74) is 0.844. The number of rotatable bonds is 5. The molecule has 0 unspecified atom stereocenters. The molecule has 2 atom stereocenters. The molecule has 1 saturated heterocycles. The van der Waals surface area contributed by atoms with E-state index < -0.39 is 12.1 Å². The molecule has 26 heavy (non-hydrogen) atoms. The van der Waals surface area contributed by atoms with Gasteiger partial charge in [-0.3, -0.25) is 4.79 Å². The van der Waals surface area contributed by atoms with Crippen LogP contribution in [0.4, 0.5) is 0 Å². The Morgan fingerprint density at radius 1 is 1.27 bits per heavy atom. The number of amides is 1. The quantitative estimate of drug-likeness (QED) is 0.879. The van der Waals surface area contributed by atoms with Crippen molar-refractivity contribution in [2.75, 3.05) is 20.8 Å². The van der Waals surface area contributed by atoms with Crippen LogP contribution in [-0.2, 0) is 9.53 Å². The number of hydrogen-bond donors (Lipinski definition) is 1. The summed E-state index contributed by atoms with van der Waals surface area (Å²) in [7, 11) is 3.16. The van der Waals surface area contributed by atoms with Crippen molar-refractivity contribution in [3.05, 3.63) is 35.4 Å². The van der Waals surface area contributed by atoms with E-state index in [0.29, 0.717) is 23.1 Å². The van der Waals surface area contributed by atoms with Gasteiger partial charge in [0.2, 0.25) is 5.91 Å². The number of aryl methyl sites for hydroxylation is 1. The molecule has 140 valence electrons. The van der Waals surface area contributed by atoms with Crippen LogP contribution < -0.4 is 14.8 Å². The Morgan fingerprint density at radius 3 is 2.65 bits per heavy atom. The second-order valence-corrected chi connectivity index (χ2v) is 6.45. The van der Waals surface area contributed by atoms with Gasteiger partial charge in [0.05, 0.1) is 20.3 Å². The minimum atomic E-state index is -0.450. The fourth-order valence-electron chi connectivity index (χ4n) is 3.10. The maximum Gasteiger partial charge on any atom is 0.246 e. The van der Waals surface area contributed by atoms with Crippen molar-refractivity contribution >= 4 is 5.91 Å². The average molecular weight is 360 g/mol. The molecule has 1 aromatic heterocycles. The maximum atomic E-state index is 12.0. The molecule has 1 N–H and O–H groups in total. The lowest BCUT2D eigenvalue weighted by Crippen LogP contribution is -2.42. The highest BCUT2D eigenvalue weighted by molar-refractivity contribution is 5.78. The summed E-state index contributed by atoms with van der Waals surface area (Å²) in [6.45, 7) is 5.89. The molecule has 2 aromatic rings. The number of nitrogens with zero attached hydrogens (tertiary/aromatic N) is 3. The van der Waals surface area contributed by atoms with E-state index in [4.69, 9.17) is 14.2 Å². The van der Waals surface area contributed by atoms with Crippen LogP contribution in [0.2, 0.25) is 0 Å². The van der Waals surface area contributed by atoms with E-state index in [1.165, 1.54) is 0 Å². The van der Waals surface area contributed by atoms with Gasteiger partial charge < -0.3 is 19.5 Å². The molecule has 0 aliphatic carbocycles. The number of methoxy groups -OCH3 is 2. The molecule has 2 heterocycles. The Kier molecular flexibility index (Phi) is 5.13. The van der Waals surface area contributed by atoms with E-state index in [0.717, 1.165) is 5.56 Å². The first-order valence-corrected chi connectivity index (χ1v) is 8.50. The van der Waals surface area contributed by atoms with Crippen molar-refractivity contribution in [1.29, 1.82) is 0 Å². The Balaban J connectivity index is 2.04. The number of carbonyl (C=O) groups is 1. The van der Waals surface area contributed by atoms with Crippen LogP contribution in [0.1, 0.15) is 49.2 Å². The van der Waals surface area contributed by atoms with Crippen LogP contribution in [0, 0.1) is 6.92 Å². The number of hydrogen-bond acceptors (Lipinski definition) is 6. The Morgan fingerprint density at radius 2 is 2.00 bits per heavy atom. The molecule has 3 rings (SSSR count). The number of aromatic nitrogens is 3. The van der Waals surface area contributed by atoms with Crippen LogP contribution in [0.3, 0.4) is 0 Å². The lowest BCUT2D eigenvalue weighted by molar-refractivity contribution is -0.138. The highest BCUT2D eigenvalue weighted by Crippen LogP contribution is 2.38. The van der Waals surface area contributed by atoms with E-state index >= 15 is 0 Å². The summed E-state index contributed by atoms with van der Waals surface area (Å²) in [5, 5.41) is 7.47. The topological polar surface area (TPSA) is 87.5 Å². The normalized spacial score (nSPS) is 20.2. The van der Waals surface area contributed by atoms with Gasteiger partial charge in [0.15, 0.2) is 17.3 Å². The second-order valence-electron chi connectivity index (χ2n) is 6.45. The van der Waals surface area contributed by atoms with E-state index in [-0.39, 0.29) is 18.6 Å². The molecule has 0 saturated carbocycles. The van der Waals surface area contributed by atoms with Crippen LogP contribution in [-0.4, -0.2) is 41.5 Å². The maximum absolute atomic E-state index is 12.0. The predicted octanol–water partition coefficient (Wildman–Crippen LogP) is 2.11. The van der Waals surface area contributed by atoms with Crippen LogP contribution in [0.5, 0.6) is 11.5 Å². The average Bonchev–Trinajstić information content (AvgIpc) is 3.03. The van der Waals surface area contributed by atoms with Gasteiger partial charge >= 0.3 is 0 Å². The number of morpholine rings is 1. The standard InChI is InChI=1S/C18H24N4O4/c1-10(2)22-18(19-11(3)21-22)17-16(20-15(23)9-26-17)12-6-7-13(24-4)14(8-12)25-5/h6-8,10,16-17H,9H2,1-5H3,(H,20,23)/t16-,17+/m1/s1. The first kappa shape index (κ1) is 18.2. The SMILES string of the molecule is COc1ccc([C@H]2NC(=O)CO[C@@H]2c2nc(C)nn2C(C)C)cc1OC. The van der Waals surface area contributed by atoms with E-state index in [1.807, 2.05) is 43.7 Å². The largest absolute Gasteiger partial charge is 0.493 e. The van der Waals surface area contributed by atoms with Gasteiger partial charge in [0.25, 0.3) is 0 Å². The summed E-state index contributed by atoms with van der Waals surface area (Å²) < 4.78 is 18.4. The van der Waals surface area contributed by atoms with Gasteiger partial charge in [-0.05, 0) is 38.5 Å². The zero-order valence-electron chi connectivity index (χ0n) is 15.6. The van der Waals surface area contributed by atoms with Crippen LogP contribution in [0.25, 0.3) is 0 Å². The van der Waals surface area contributed by atoms with Crippen molar-refractivity contribution in [2.45, 2.75) is 39.0 Å². The summed E-state index contributed by atoms with van der Waals surface area (Å²) in [6.07, 6.45) is -0.450. The highest BCUT2D eigenvalue weighted by Gasteiger charge is 2.36. The summed E-state index contributed by atoms with van der Waals surface area (Å²) >= 11 is 0. The lowest BCUT2D eigenvalue weighted by atomic mass is 9.98. The first-order valence-electron chi connectivity index (χ1n) is 8.50. The summed E-state index contributed by atoms with van der Waals surface area (Å²) in [5.74, 6) is 2.40. The zero-order chi connectivity index (χ0) is 18.8. The zero-order valence-corrected chi connectivity index (χ0v) is 15.6. The molecule has 1 amide bonds. The third kappa shape index (κ3) is 3.37. The molecule has 0 bridgehead atoms. The Bertz CT molecular complexity index is 802. The van der Waals surface area contributed by atoms with Gasteiger partial charge in [-0.2, -0.15) is 5.10 Å². The number of ether oxygens (including phenoxy) is 3. The molecule has 1 fully saturated rings. The predicted molar refractivity (Wildman–Crippen MR) is 94.3 cm³/mol. The molecular weight excluding hydrogens is 336 g/mol. The van der Waals surface area contributed by atoms with Crippen LogP contribution >= 0.6 is 0 Å². The van der Waals surface area contributed by atoms with Crippen molar-refractivity contribution in [3.8, 4) is 11.5 Å². The summed E-state index contributed by atoms with van der Waals surface area (Å²) in [6, 6.07) is 5.26. The fraction of sp³-hybridized carbons (Fsp3) is 0.500. The monoisotopic (exact) mass is 360 g/mol. The van der Waals surface area contributed by atoms with Crippen molar-refractivity contribution in [1.82, 2.24) is 20.1 Å². The molecule has 8 nitrogen and oxygen atoms in total.